The predicted octanol–water partition coefficient (Wildman–Crippen LogP) is 3.22. The van der Waals surface area contributed by atoms with Crippen LogP contribution in [0.3, 0.4) is 0 Å². The van der Waals surface area contributed by atoms with E-state index in [1.807, 2.05) is 6.07 Å². The van der Waals surface area contributed by atoms with E-state index in [9.17, 15) is 9.18 Å². The monoisotopic (exact) mass is 364 g/mol. The minimum absolute atomic E-state index is 0.278. The number of carbonyl (C=O) groups excluding carboxylic acids is 1. The molecule has 0 radical (unpaired) electrons. The molecule has 26 heavy (non-hydrogen) atoms. The van der Waals surface area contributed by atoms with Gasteiger partial charge in [-0.05, 0) is 46.4 Å². The molecule has 7 heteroatoms. The summed E-state index contributed by atoms with van der Waals surface area (Å²) in [4.78, 5) is 16.1. The van der Waals surface area contributed by atoms with E-state index in [1.54, 1.807) is 33.8 Å². The molecular formula is C19H29FN4O2. The van der Waals surface area contributed by atoms with Crippen LogP contribution >= 0.6 is 0 Å². The van der Waals surface area contributed by atoms with Gasteiger partial charge >= 0.3 is 6.09 Å². The molecule has 0 bridgehead atoms. The van der Waals surface area contributed by atoms with Crippen LogP contribution in [0.5, 0.6) is 0 Å². The molecule has 1 aliphatic heterocycles. The third-order valence-electron chi connectivity index (χ3n) is 4.24. The van der Waals surface area contributed by atoms with Crippen molar-refractivity contribution in [2.45, 2.75) is 40.2 Å². The van der Waals surface area contributed by atoms with Crippen molar-refractivity contribution in [3.05, 3.63) is 29.6 Å². The highest BCUT2D eigenvalue weighted by Crippen LogP contribution is 2.22. The molecule has 2 rings (SSSR count). The summed E-state index contributed by atoms with van der Waals surface area (Å²) in [6, 6.07) is 5.05. The lowest BCUT2D eigenvalue weighted by molar-refractivity contribution is 0.0529. The van der Waals surface area contributed by atoms with Crippen molar-refractivity contribution in [1.82, 2.24) is 10.3 Å². The summed E-state index contributed by atoms with van der Waals surface area (Å²) in [5.41, 5.74) is 3.48. The van der Waals surface area contributed by atoms with Crippen molar-refractivity contribution in [2.24, 2.45) is 5.10 Å². The van der Waals surface area contributed by atoms with Gasteiger partial charge in [-0.2, -0.15) is 5.10 Å². The number of halogens is 1. The molecule has 1 amide bonds. The molecule has 0 aromatic heterocycles. The molecule has 1 fully saturated rings. The van der Waals surface area contributed by atoms with E-state index in [0.717, 1.165) is 32.7 Å². The van der Waals surface area contributed by atoms with E-state index in [0.29, 0.717) is 17.0 Å². The summed E-state index contributed by atoms with van der Waals surface area (Å²) in [6.45, 7) is 13.7. The van der Waals surface area contributed by atoms with E-state index in [4.69, 9.17) is 4.74 Å². The maximum Gasteiger partial charge on any atom is 0.428 e. The Morgan fingerprint density at radius 3 is 2.46 bits per heavy atom. The number of carbonyl (C=O) groups is 1. The second-order valence-electron chi connectivity index (χ2n) is 7.40. The first-order chi connectivity index (χ1) is 12.2. The zero-order valence-electron chi connectivity index (χ0n) is 16.3. The van der Waals surface area contributed by atoms with Gasteiger partial charge in [-0.1, -0.05) is 13.0 Å². The van der Waals surface area contributed by atoms with Gasteiger partial charge in [0.15, 0.2) is 0 Å². The van der Waals surface area contributed by atoms with Gasteiger partial charge < -0.3 is 14.5 Å². The zero-order chi connectivity index (χ0) is 19.3. The van der Waals surface area contributed by atoms with Gasteiger partial charge in [0.2, 0.25) is 0 Å². The highest BCUT2D eigenvalue weighted by Gasteiger charge is 2.19. The number of hydrogen-bond acceptors (Lipinski definition) is 5. The van der Waals surface area contributed by atoms with Crippen molar-refractivity contribution in [1.29, 1.82) is 0 Å². The van der Waals surface area contributed by atoms with Crippen LogP contribution in [-0.2, 0) is 4.74 Å². The Labute approximate surface area is 155 Å². The Balaban J connectivity index is 2.02. The first-order valence-corrected chi connectivity index (χ1v) is 9.00. The van der Waals surface area contributed by atoms with Gasteiger partial charge in [0.05, 0.1) is 11.4 Å². The first kappa shape index (κ1) is 20.2. The quantitative estimate of drug-likeness (QED) is 0.658. The van der Waals surface area contributed by atoms with E-state index in [-0.39, 0.29) is 5.82 Å². The van der Waals surface area contributed by atoms with Crippen LogP contribution in [0.4, 0.5) is 14.9 Å². The molecule has 0 aliphatic carbocycles. The van der Waals surface area contributed by atoms with E-state index in [1.165, 1.54) is 6.07 Å². The van der Waals surface area contributed by atoms with E-state index >= 15 is 0 Å². The van der Waals surface area contributed by atoms with Crippen LogP contribution in [0.25, 0.3) is 0 Å². The molecule has 1 aliphatic rings. The smallest absolute Gasteiger partial charge is 0.428 e. The van der Waals surface area contributed by atoms with Gasteiger partial charge in [-0.15, -0.1) is 0 Å². The molecule has 0 unspecified atom stereocenters. The van der Waals surface area contributed by atoms with Gasteiger partial charge in [0.25, 0.3) is 0 Å². The summed E-state index contributed by atoms with van der Waals surface area (Å²) in [7, 11) is 0. The zero-order valence-corrected chi connectivity index (χ0v) is 16.3. The molecule has 1 aromatic rings. The lowest BCUT2D eigenvalue weighted by atomic mass is 10.1. The Hall–Kier alpha value is -2.15. The maximum atomic E-state index is 14.6. The van der Waals surface area contributed by atoms with E-state index in [2.05, 4.69) is 27.3 Å². The van der Waals surface area contributed by atoms with Crippen molar-refractivity contribution in [3.63, 3.8) is 0 Å². The van der Waals surface area contributed by atoms with E-state index < -0.39 is 11.7 Å². The minimum atomic E-state index is -0.636. The van der Waals surface area contributed by atoms with Crippen molar-refractivity contribution < 1.29 is 13.9 Å². The largest absolute Gasteiger partial charge is 0.443 e. The number of ether oxygens (including phenoxy) is 1. The summed E-state index contributed by atoms with van der Waals surface area (Å²) in [5, 5.41) is 3.99. The fraction of sp³-hybridized carbons (Fsp3) is 0.579. The molecule has 0 spiro atoms. The standard InChI is InChI=1S/C19H29FN4O2/c1-6-23-9-11-24(12-10-23)17-8-7-15(13-16(17)20)14(2)21-22-18(25)26-19(3,4)5/h7-8,13H,6,9-12H2,1-5H3,(H,22,25)/b21-14-. The Bertz CT molecular complexity index is 662. The van der Waals surface area contributed by atoms with Crippen LogP contribution in [-0.4, -0.2) is 55.0 Å². The lowest BCUT2D eigenvalue weighted by Gasteiger charge is -2.35. The van der Waals surface area contributed by atoms with Gasteiger partial charge in [-0.25, -0.2) is 14.6 Å². The van der Waals surface area contributed by atoms with Gasteiger partial charge in [0, 0.05) is 31.7 Å². The topological polar surface area (TPSA) is 57.2 Å². The number of nitrogens with one attached hydrogen (secondary N) is 1. The SMILES string of the molecule is CCN1CCN(c2ccc(/C(C)=N\NC(=O)OC(C)(C)C)cc2F)CC1. The van der Waals surface area contributed by atoms with Crippen molar-refractivity contribution >= 4 is 17.5 Å². The van der Waals surface area contributed by atoms with Gasteiger partial charge in [0.1, 0.15) is 11.4 Å². The third kappa shape index (κ3) is 5.69. The molecule has 1 N–H and O–H groups in total. The van der Waals surface area contributed by atoms with Crippen molar-refractivity contribution in [2.75, 3.05) is 37.6 Å². The predicted molar refractivity (Wildman–Crippen MR) is 102 cm³/mol. The second-order valence-corrected chi connectivity index (χ2v) is 7.40. The molecule has 1 saturated heterocycles. The number of hydrazone groups is 1. The number of likely N-dealkylation sites (N-methyl/N-ethyl adjacent to an activating group) is 1. The van der Waals surface area contributed by atoms with Crippen molar-refractivity contribution in [3.8, 4) is 0 Å². The number of benzene rings is 1. The molecule has 144 valence electrons. The summed E-state index contributed by atoms with van der Waals surface area (Å²) < 4.78 is 19.7. The summed E-state index contributed by atoms with van der Waals surface area (Å²) in [5.74, 6) is -0.278. The Morgan fingerprint density at radius 1 is 1.27 bits per heavy atom. The van der Waals surface area contributed by atoms with Crippen LogP contribution in [0.1, 0.15) is 40.2 Å². The van der Waals surface area contributed by atoms with Crippen LogP contribution < -0.4 is 10.3 Å². The fourth-order valence-electron chi connectivity index (χ4n) is 2.79. The number of nitrogens with zero attached hydrogens (tertiary/aromatic N) is 3. The number of hydrogen-bond donors (Lipinski definition) is 1. The summed E-state index contributed by atoms with van der Waals surface area (Å²) in [6.07, 6.45) is -0.636. The van der Waals surface area contributed by atoms with Gasteiger partial charge in [-0.3, -0.25) is 0 Å². The molecule has 1 heterocycles. The molecular weight excluding hydrogens is 335 g/mol. The second kappa shape index (κ2) is 8.49. The third-order valence-corrected chi connectivity index (χ3v) is 4.24. The lowest BCUT2D eigenvalue weighted by Crippen LogP contribution is -2.46. The average molecular weight is 364 g/mol. The molecule has 0 atom stereocenters. The van der Waals surface area contributed by atoms with Crippen LogP contribution in [0.2, 0.25) is 0 Å². The Kier molecular flexibility index (Phi) is 6.58. The molecule has 0 saturated carbocycles. The molecule has 6 nitrogen and oxygen atoms in total. The number of amides is 1. The average Bonchev–Trinajstić information content (AvgIpc) is 2.58. The first-order valence-electron chi connectivity index (χ1n) is 9.00. The van der Waals surface area contributed by atoms with Crippen LogP contribution in [0, 0.1) is 5.82 Å². The molecule has 1 aromatic carbocycles. The minimum Gasteiger partial charge on any atom is -0.443 e. The summed E-state index contributed by atoms with van der Waals surface area (Å²) >= 11 is 0. The Morgan fingerprint density at radius 2 is 1.92 bits per heavy atom. The number of piperazine rings is 1. The highest BCUT2D eigenvalue weighted by molar-refractivity contribution is 5.99. The number of anilines is 1. The fourth-order valence-corrected chi connectivity index (χ4v) is 2.79. The maximum absolute atomic E-state index is 14.6. The normalized spacial score (nSPS) is 16.5. The number of rotatable bonds is 4. The van der Waals surface area contributed by atoms with Crippen LogP contribution in [0.15, 0.2) is 23.3 Å². The highest BCUT2D eigenvalue weighted by atomic mass is 19.1.